The Kier molecular flexibility index (Phi) is 6.46. The third-order valence-corrected chi connectivity index (χ3v) is 6.37. The number of thiophene rings is 1. The molecule has 2 heterocycles. The van der Waals surface area contributed by atoms with Crippen molar-refractivity contribution in [3.05, 3.63) is 27.1 Å². The smallest absolute Gasteiger partial charge is 0.262 e. The number of fused-ring (bicyclic) bond motifs is 3. The van der Waals surface area contributed by atoms with Crippen LogP contribution in [-0.2, 0) is 24.2 Å². The molecule has 2 aromatic heterocycles. The lowest BCUT2D eigenvalue weighted by atomic mass is 9.97. The second-order valence-corrected chi connectivity index (χ2v) is 8.43. The van der Waals surface area contributed by atoms with Crippen LogP contribution in [0.4, 0.5) is 0 Å². The summed E-state index contributed by atoms with van der Waals surface area (Å²) in [6.07, 6.45) is 10.8. The van der Waals surface area contributed by atoms with Crippen molar-refractivity contribution in [2.24, 2.45) is 0 Å². The number of carbonyl (C=O) groups is 1. The maximum atomic E-state index is 12.9. The van der Waals surface area contributed by atoms with E-state index in [9.17, 15) is 9.59 Å². The lowest BCUT2D eigenvalue weighted by Crippen LogP contribution is -2.34. The van der Waals surface area contributed by atoms with Crippen LogP contribution in [-0.4, -0.2) is 21.5 Å². The number of hydrogen-bond acceptors (Lipinski definition) is 4. The molecular formula is C20H29N3O2S. The first-order chi connectivity index (χ1) is 12.6. The van der Waals surface area contributed by atoms with Crippen LogP contribution in [0.25, 0.3) is 10.2 Å². The highest BCUT2D eigenvalue weighted by Gasteiger charge is 2.20. The van der Waals surface area contributed by atoms with Crippen LogP contribution in [0.15, 0.2) is 11.1 Å². The monoisotopic (exact) mass is 375 g/mol. The minimum atomic E-state index is 0.00772. The zero-order valence-electron chi connectivity index (χ0n) is 15.8. The Morgan fingerprint density at radius 3 is 2.96 bits per heavy atom. The van der Waals surface area contributed by atoms with E-state index in [1.807, 2.05) is 6.92 Å². The van der Waals surface area contributed by atoms with Gasteiger partial charge in [0.05, 0.1) is 11.7 Å². The summed E-state index contributed by atoms with van der Waals surface area (Å²) in [6.45, 7) is 4.61. The Bertz CT molecular complexity index is 824. The number of amides is 1. The molecule has 3 rings (SSSR count). The van der Waals surface area contributed by atoms with Gasteiger partial charge in [-0.3, -0.25) is 14.2 Å². The van der Waals surface area contributed by atoms with E-state index in [-0.39, 0.29) is 17.5 Å². The fourth-order valence-corrected chi connectivity index (χ4v) is 4.90. The van der Waals surface area contributed by atoms with Crippen molar-refractivity contribution in [3.63, 3.8) is 0 Å². The van der Waals surface area contributed by atoms with Gasteiger partial charge in [0.2, 0.25) is 5.91 Å². The number of aryl methyl sites for hydroxylation is 3. The molecule has 1 N–H and O–H groups in total. The highest BCUT2D eigenvalue weighted by atomic mass is 32.1. The number of hydrogen-bond donors (Lipinski definition) is 1. The fraction of sp³-hybridized carbons (Fsp3) is 0.650. The molecule has 0 aliphatic heterocycles. The van der Waals surface area contributed by atoms with E-state index in [1.54, 1.807) is 22.2 Å². The molecule has 26 heavy (non-hydrogen) atoms. The molecule has 142 valence electrons. The van der Waals surface area contributed by atoms with Crippen LogP contribution in [0.1, 0.15) is 69.2 Å². The number of carbonyl (C=O) groups excluding carboxylic acids is 1. The lowest BCUT2D eigenvalue weighted by molar-refractivity contribution is -0.121. The Morgan fingerprint density at radius 2 is 2.15 bits per heavy atom. The van der Waals surface area contributed by atoms with Gasteiger partial charge in [0.1, 0.15) is 4.83 Å². The first-order valence-electron chi connectivity index (χ1n) is 9.89. The molecule has 2 aromatic rings. The van der Waals surface area contributed by atoms with Crippen LogP contribution in [0, 0.1) is 0 Å². The third kappa shape index (κ3) is 4.34. The number of nitrogens with zero attached hydrogens (tertiary/aromatic N) is 2. The average Bonchev–Trinajstić information content (AvgIpc) is 3.00. The molecule has 0 bridgehead atoms. The molecule has 0 radical (unpaired) electrons. The number of unbranched alkanes of at least 4 members (excludes halogenated alkanes) is 2. The van der Waals surface area contributed by atoms with Crippen LogP contribution in [0.3, 0.4) is 0 Å². The first kappa shape index (κ1) is 19.1. The van der Waals surface area contributed by atoms with Gasteiger partial charge < -0.3 is 5.32 Å². The molecule has 0 saturated carbocycles. The zero-order chi connectivity index (χ0) is 18.5. The summed E-state index contributed by atoms with van der Waals surface area (Å²) in [5, 5.41) is 3.83. The Hall–Kier alpha value is -1.69. The molecule has 0 fully saturated rings. The first-order valence-corrected chi connectivity index (χ1v) is 10.7. The second-order valence-electron chi connectivity index (χ2n) is 7.35. The van der Waals surface area contributed by atoms with E-state index in [4.69, 9.17) is 0 Å². The quantitative estimate of drug-likeness (QED) is 0.714. The van der Waals surface area contributed by atoms with Crippen LogP contribution in [0.2, 0.25) is 0 Å². The zero-order valence-corrected chi connectivity index (χ0v) is 16.7. The predicted octanol–water partition coefficient (Wildman–Crippen LogP) is 3.81. The number of nitrogens with one attached hydrogen (secondary N) is 1. The fourth-order valence-electron chi connectivity index (χ4n) is 3.68. The van der Waals surface area contributed by atoms with Crippen LogP contribution >= 0.6 is 11.3 Å². The van der Waals surface area contributed by atoms with Crippen molar-refractivity contribution in [3.8, 4) is 0 Å². The molecule has 1 unspecified atom stereocenters. The number of aromatic nitrogens is 2. The van der Waals surface area contributed by atoms with Gasteiger partial charge in [-0.15, -0.1) is 11.3 Å². The van der Waals surface area contributed by atoms with Crippen molar-refractivity contribution < 1.29 is 4.79 Å². The Balaban J connectivity index is 1.63. The van der Waals surface area contributed by atoms with E-state index in [2.05, 4.69) is 17.2 Å². The van der Waals surface area contributed by atoms with Gasteiger partial charge in [-0.25, -0.2) is 4.98 Å². The van der Waals surface area contributed by atoms with Crippen molar-refractivity contribution in [1.82, 2.24) is 14.9 Å². The predicted molar refractivity (Wildman–Crippen MR) is 107 cm³/mol. The topological polar surface area (TPSA) is 64.0 Å². The van der Waals surface area contributed by atoms with Gasteiger partial charge in [-0.05, 0) is 44.6 Å². The molecular weight excluding hydrogens is 346 g/mol. The summed E-state index contributed by atoms with van der Waals surface area (Å²) in [5.41, 5.74) is 1.22. The maximum Gasteiger partial charge on any atom is 0.262 e. The molecule has 0 aromatic carbocycles. The van der Waals surface area contributed by atoms with Crippen LogP contribution in [0.5, 0.6) is 0 Å². The van der Waals surface area contributed by atoms with Crippen molar-refractivity contribution in [2.45, 2.75) is 84.2 Å². The summed E-state index contributed by atoms with van der Waals surface area (Å²) in [5.74, 6) is 0.00772. The Morgan fingerprint density at radius 1 is 1.35 bits per heavy atom. The highest BCUT2D eigenvalue weighted by molar-refractivity contribution is 7.18. The van der Waals surface area contributed by atoms with Crippen LogP contribution < -0.4 is 10.9 Å². The standard InChI is InChI=1S/C20H29N3O2S/c1-3-4-5-8-14(2)22-17(24)11-12-23-13-21-19-18(20(23)25)15-9-6-7-10-16(15)26-19/h13-14H,3-12H2,1-2H3,(H,22,24). The van der Waals surface area contributed by atoms with E-state index in [0.717, 1.165) is 42.3 Å². The molecule has 0 spiro atoms. The van der Waals surface area contributed by atoms with Gasteiger partial charge in [0.15, 0.2) is 0 Å². The average molecular weight is 376 g/mol. The third-order valence-electron chi connectivity index (χ3n) is 5.17. The molecule has 1 aliphatic carbocycles. The van der Waals surface area contributed by atoms with E-state index in [0.29, 0.717) is 13.0 Å². The summed E-state index contributed by atoms with van der Waals surface area (Å²) in [6, 6.07) is 0.190. The molecule has 5 nitrogen and oxygen atoms in total. The van der Waals surface area contributed by atoms with E-state index < -0.39 is 0 Å². The lowest BCUT2D eigenvalue weighted by Gasteiger charge is -2.14. The normalized spacial score (nSPS) is 15.0. The molecule has 1 aliphatic rings. The van der Waals surface area contributed by atoms with Crippen molar-refractivity contribution >= 4 is 27.5 Å². The summed E-state index contributed by atoms with van der Waals surface area (Å²) >= 11 is 1.66. The summed E-state index contributed by atoms with van der Waals surface area (Å²) < 4.78 is 1.60. The van der Waals surface area contributed by atoms with E-state index in [1.165, 1.54) is 29.7 Å². The van der Waals surface area contributed by atoms with Crippen molar-refractivity contribution in [2.75, 3.05) is 0 Å². The minimum Gasteiger partial charge on any atom is -0.354 e. The summed E-state index contributed by atoms with van der Waals surface area (Å²) in [4.78, 5) is 31.7. The highest BCUT2D eigenvalue weighted by Crippen LogP contribution is 2.33. The van der Waals surface area contributed by atoms with E-state index >= 15 is 0 Å². The molecule has 6 heteroatoms. The largest absolute Gasteiger partial charge is 0.354 e. The molecule has 1 amide bonds. The van der Waals surface area contributed by atoms with Gasteiger partial charge in [-0.1, -0.05) is 26.2 Å². The van der Waals surface area contributed by atoms with Crippen molar-refractivity contribution in [1.29, 1.82) is 0 Å². The van der Waals surface area contributed by atoms with Gasteiger partial charge in [-0.2, -0.15) is 0 Å². The SMILES string of the molecule is CCCCCC(C)NC(=O)CCn1cnc2sc3c(c2c1=O)CCCC3. The number of rotatable bonds is 8. The van der Waals surface area contributed by atoms with Gasteiger partial charge in [0, 0.05) is 23.9 Å². The van der Waals surface area contributed by atoms with Gasteiger partial charge in [0.25, 0.3) is 5.56 Å². The molecule has 0 saturated heterocycles. The summed E-state index contributed by atoms with van der Waals surface area (Å²) in [7, 11) is 0. The minimum absolute atomic E-state index is 0.00772. The van der Waals surface area contributed by atoms with Gasteiger partial charge >= 0.3 is 0 Å². The second kappa shape index (κ2) is 8.80. The molecule has 1 atom stereocenters. The maximum absolute atomic E-state index is 12.9. The Labute approximate surface area is 158 Å².